The number of rotatable bonds is 3. The summed E-state index contributed by atoms with van der Waals surface area (Å²) in [6.45, 7) is 0. The summed E-state index contributed by atoms with van der Waals surface area (Å²) in [6.07, 6.45) is 6.86. The van der Waals surface area contributed by atoms with Gasteiger partial charge in [-0.3, -0.25) is 20.1 Å². The maximum atomic E-state index is 13.9. The Morgan fingerprint density at radius 2 is 1.62 bits per heavy atom. The highest BCUT2D eigenvalue weighted by Gasteiger charge is 2.16. The predicted molar refractivity (Wildman–Crippen MR) is 119 cm³/mol. The second-order valence-corrected chi connectivity index (χ2v) is 7.43. The fourth-order valence-electron chi connectivity index (χ4n) is 3.92. The average molecular weight is 422 g/mol. The molecule has 0 unspecified atom stereocenters. The molecule has 8 heteroatoms. The molecule has 7 nitrogen and oxygen atoms in total. The summed E-state index contributed by atoms with van der Waals surface area (Å²) in [5.41, 5.74) is 6.00. The van der Waals surface area contributed by atoms with Crippen LogP contribution in [0.2, 0.25) is 0 Å². The van der Waals surface area contributed by atoms with Crippen molar-refractivity contribution in [2.75, 3.05) is 0 Å². The van der Waals surface area contributed by atoms with Crippen molar-refractivity contribution in [2.24, 2.45) is 0 Å². The second-order valence-electron chi connectivity index (χ2n) is 7.43. The van der Waals surface area contributed by atoms with Gasteiger partial charge in [-0.2, -0.15) is 5.10 Å². The Kier molecular flexibility index (Phi) is 3.97. The van der Waals surface area contributed by atoms with Crippen LogP contribution in [-0.4, -0.2) is 35.2 Å². The van der Waals surface area contributed by atoms with Crippen LogP contribution >= 0.6 is 0 Å². The van der Waals surface area contributed by atoms with E-state index in [0.29, 0.717) is 11.3 Å². The van der Waals surface area contributed by atoms with Crippen LogP contribution in [0.1, 0.15) is 0 Å². The lowest BCUT2D eigenvalue weighted by atomic mass is 10.1. The molecular weight excluding hydrogens is 407 g/mol. The van der Waals surface area contributed by atoms with E-state index in [1.165, 1.54) is 12.1 Å². The first kappa shape index (κ1) is 18.2. The minimum Gasteiger partial charge on any atom is -0.508 e. The molecule has 3 N–H and O–H groups in total. The van der Waals surface area contributed by atoms with E-state index in [9.17, 15) is 9.50 Å². The minimum absolute atomic E-state index is 0.149. The standard InChI is InChI=1S/C24H15FN6O/c25-15-7-14(8-16(32)9-15)23-17-11-21(29-19(17)3-6-27-23)24-18-10-20(13-1-4-26-5-2-13)28-12-22(18)30-31-24/h1-12,29,32H,(H,30,31). The third-order valence-corrected chi connectivity index (χ3v) is 5.38. The van der Waals surface area contributed by atoms with E-state index in [0.717, 1.165) is 50.5 Å². The van der Waals surface area contributed by atoms with Crippen LogP contribution in [0.15, 0.2) is 73.3 Å². The molecular formula is C24H15FN6O. The summed E-state index contributed by atoms with van der Waals surface area (Å²) < 4.78 is 13.9. The van der Waals surface area contributed by atoms with E-state index in [4.69, 9.17) is 0 Å². The molecule has 5 heterocycles. The van der Waals surface area contributed by atoms with Crippen LogP contribution in [0, 0.1) is 5.82 Å². The molecule has 0 aliphatic carbocycles. The van der Waals surface area contributed by atoms with E-state index in [-0.39, 0.29) is 5.75 Å². The third-order valence-electron chi connectivity index (χ3n) is 5.38. The molecule has 0 amide bonds. The lowest BCUT2D eigenvalue weighted by molar-refractivity contribution is 0.469. The zero-order chi connectivity index (χ0) is 21.7. The van der Waals surface area contributed by atoms with Crippen LogP contribution in [-0.2, 0) is 0 Å². The van der Waals surface area contributed by atoms with Gasteiger partial charge in [0.15, 0.2) is 0 Å². The Morgan fingerprint density at radius 1 is 0.781 bits per heavy atom. The fraction of sp³-hybridized carbons (Fsp3) is 0. The number of hydrogen-bond acceptors (Lipinski definition) is 5. The van der Waals surface area contributed by atoms with Crippen molar-refractivity contribution in [3.63, 3.8) is 0 Å². The lowest BCUT2D eigenvalue weighted by Gasteiger charge is -2.03. The van der Waals surface area contributed by atoms with E-state index < -0.39 is 5.82 Å². The lowest BCUT2D eigenvalue weighted by Crippen LogP contribution is -1.85. The minimum atomic E-state index is -0.524. The fourth-order valence-corrected chi connectivity index (χ4v) is 3.92. The number of H-pyrrole nitrogens is 2. The van der Waals surface area contributed by atoms with Gasteiger partial charge in [-0.1, -0.05) is 0 Å². The van der Waals surface area contributed by atoms with Gasteiger partial charge in [0.25, 0.3) is 0 Å². The van der Waals surface area contributed by atoms with Crippen molar-refractivity contribution in [2.45, 2.75) is 0 Å². The van der Waals surface area contributed by atoms with Gasteiger partial charge in [-0.25, -0.2) is 4.39 Å². The highest BCUT2D eigenvalue weighted by Crippen LogP contribution is 2.34. The Balaban J connectivity index is 1.52. The number of fused-ring (bicyclic) bond motifs is 2. The van der Waals surface area contributed by atoms with Gasteiger partial charge in [0.2, 0.25) is 0 Å². The smallest absolute Gasteiger partial charge is 0.127 e. The molecule has 32 heavy (non-hydrogen) atoms. The van der Waals surface area contributed by atoms with Crippen molar-refractivity contribution in [3.8, 4) is 39.7 Å². The molecule has 0 aliphatic heterocycles. The van der Waals surface area contributed by atoms with Crippen molar-refractivity contribution < 1.29 is 9.50 Å². The van der Waals surface area contributed by atoms with Crippen molar-refractivity contribution in [1.82, 2.24) is 30.1 Å². The van der Waals surface area contributed by atoms with E-state index in [1.54, 1.807) is 24.8 Å². The van der Waals surface area contributed by atoms with Gasteiger partial charge < -0.3 is 10.1 Å². The molecule has 0 fully saturated rings. The third kappa shape index (κ3) is 2.97. The van der Waals surface area contributed by atoms with Gasteiger partial charge in [0.05, 0.1) is 28.8 Å². The van der Waals surface area contributed by atoms with E-state index >= 15 is 0 Å². The zero-order valence-corrected chi connectivity index (χ0v) is 16.5. The highest BCUT2D eigenvalue weighted by atomic mass is 19.1. The van der Waals surface area contributed by atoms with Crippen molar-refractivity contribution in [1.29, 1.82) is 0 Å². The molecule has 1 aromatic carbocycles. The molecule has 0 bridgehead atoms. The number of aromatic hydroxyl groups is 1. The molecule has 6 rings (SSSR count). The number of nitrogens with one attached hydrogen (secondary N) is 2. The topological polar surface area (TPSA) is 103 Å². The van der Waals surface area contributed by atoms with Crippen LogP contribution in [0.3, 0.4) is 0 Å². The highest BCUT2D eigenvalue weighted by molar-refractivity contribution is 6.00. The largest absolute Gasteiger partial charge is 0.508 e. The van der Waals surface area contributed by atoms with Gasteiger partial charge in [-0.05, 0) is 42.5 Å². The molecule has 0 spiro atoms. The molecule has 6 aromatic rings. The van der Waals surface area contributed by atoms with E-state index in [2.05, 4.69) is 30.1 Å². The second kappa shape index (κ2) is 6.98. The number of nitrogens with zero attached hydrogens (tertiary/aromatic N) is 4. The summed E-state index contributed by atoms with van der Waals surface area (Å²) in [7, 11) is 0. The summed E-state index contributed by atoms with van der Waals surface area (Å²) in [6, 6.07) is 13.5. The monoisotopic (exact) mass is 422 g/mol. The van der Waals surface area contributed by atoms with Gasteiger partial charge in [0, 0.05) is 52.1 Å². The number of phenolic OH excluding ortho intramolecular Hbond substituents is 1. The number of aromatic amines is 2. The number of hydrogen-bond donors (Lipinski definition) is 3. The molecule has 5 aromatic heterocycles. The first-order valence-corrected chi connectivity index (χ1v) is 9.88. The Bertz CT molecular complexity index is 1590. The molecule has 0 saturated carbocycles. The van der Waals surface area contributed by atoms with Crippen LogP contribution < -0.4 is 0 Å². The molecule has 0 saturated heterocycles. The van der Waals surface area contributed by atoms with E-state index in [1.807, 2.05) is 30.3 Å². The average Bonchev–Trinajstić information content (AvgIpc) is 3.42. The quantitative estimate of drug-likeness (QED) is 0.369. The molecule has 0 aliphatic rings. The zero-order valence-electron chi connectivity index (χ0n) is 16.5. The summed E-state index contributed by atoms with van der Waals surface area (Å²) >= 11 is 0. The predicted octanol–water partition coefficient (Wildman–Crippen LogP) is 5.07. The van der Waals surface area contributed by atoms with Crippen LogP contribution in [0.5, 0.6) is 5.75 Å². The number of phenols is 1. The normalized spacial score (nSPS) is 11.4. The maximum Gasteiger partial charge on any atom is 0.127 e. The number of aromatic nitrogens is 6. The van der Waals surface area contributed by atoms with Crippen molar-refractivity contribution in [3.05, 3.63) is 79.1 Å². The van der Waals surface area contributed by atoms with Crippen LogP contribution in [0.4, 0.5) is 4.39 Å². The Hall–Kier alpha value is -4.59. The molecule has 0 radical (unpaired) electrons. The first-order valence-electron chi connectivity index (χ1n) is 9.88. The van der Waals surface area contributed by atoms with Gasteiger partial charge in [-0.15, -0.1) is 0 Å². The molecule has 0 atom stereocenters. The Labute approximate surface area is 180 Å². The summed E-state index contributed by atoms with van der Waals surface area (Å²) in [5, 5.41) is 19.1. The van der Waals surface area contributed by atoms with Gasteiger partial charge in [0.1, 0.15) is 17.3 Å². The molecule has 154 valence electrons. The maximum absolute atomic E-state index is 13.9. The summed E-state index contributed by atoms with van der Waals surface area (Å²) in [5.74, 6) is -0.673. The van der Waals surface area contributed by atoms with Gasteiger partial charge >= 0.3 is 0 Å². The first-order chi connectivity index (χ1) is 15.7. The number of pyridine rings is 3. The Morgan fingerprint density at radius 3 is 2.47 bits per heavy atom. The summed E-state index contributed by atoms with van der Waals surface area (Å²) in [4.78, 5) is 16.4. The number of halogens is 1. The van der Waals surface area contributed by atoms with Crippen LogP contribution in [0.25, 0.3) is 55.7 Å². The number of benzene rings is 1. The van der Waals surface area contributed by atoms with Crippen molar-refractivity contribution >= 4 is 21.8 Å². The SMILES string of the molecule is Oc1cc(F)cc(-c2nccc3[nH]c(-c4n[nH]c5cnc(-c6ccncc6)cc45)cc23)c1.